The van der Waals surface area contributed by atoms with Gasteiger partial charge < -0.3 is 10.6 Å². The molecule has 0 bridgehead atoms. The third-order valence-corrected chi connectivity index (χ3v) is 6.01. The highest BCUT2D eigenvalue weighted by molar-refractivity contribution is 7.13. The van der Waals surface area contributed by atoms with Gasteiger partial charge in [-0.25, -0.2) is 4.98 Å². The van der Waals surface area contributed by atoms with E-state index in [1.807, 2.05) is 24.0 Å². The lowest BCUT2D eigenvalue weighted by molar-refractivity contribution is -0.127. The molecule has 26 heavy (non-hydrogen) atoms. The highest BCUT2D eigenvalue weighted by Gasteiger charge is 2.43. The Morgan fingerprint density at radius 2 is 2.15 bits per heavy atom. The molecule has 4 rings (SSSR count). The van der Waals surface area contributed by atoms with Crippen molar-refractivity contribution in [2.45, 2.75) is 50.7 Å². The summed E-state index contributed by atoms with van der Waals surface area (Å²) in [4.78, 5) is 19.7. The molecule has 0 radical (unpaired) electrons. The van der Waals surface area contributed by atoms with Gasteiger partial charge in [0.15, 0.2) is 5.13 Å². The molecular weight excluding hydrogens is 348 g/mol. The highest BCUT2D eigenvalue weighted by Crippen LogP contribution is 2.31. The Kier molecular flexibility index (Phi) is 4.71. The predicted molar refractivity (Wildman–Crippen MR) is 102 cm³/mol. The molecule has 2 aliphatic rings. The number of nitrogens with one attached hydrogen (secondary N) is 2. The van der Waals surface area contributed by atoms with Crippen LogP contribution in [0.15, 0.2) is 17.6 Å². The fraction of sp³-hybridized carbons (Fsp3) is 0.611. The quantitative estimate of drug-likeness (QED) is 0.808. The van der Waals surface area contributed by atoms with E-state index in [-0.39, 0.29) is 5.91 Å². The minimum atomic E-state index is -0.556. The number of hydrogen-bond acceptors (Lipinski definition) is 6. The summed E-state index contributed by atoms with van der Waals surface area (Å²) < 4.78 is 1.95. The van der Waals surface area contributed by atoms with Crippen molar-refractivity contribution in [3.05, 3.63) is 29.0 Å². The lowest BCUT2D eigenvalue weighted by Gasteiger charge is -2.41. The zero-order chi connectivity index (χ0) is 18.1. The van der Waals surface area contributed by atoms with Crippen molar-refractivity contribution in [2.24, 2.45) is 7.05 Å². The number of hydrogen-bond donors (Lipinski definition) is 2. The topological polar surface area (TPSA) is 75.1 Å². The number of piperidine rings is 1. The fourth-order valence-electron chi connectivity index (χ4n) is 3.58. The van der Waals surface area contributed by atoms with E-state index in [1.165, 1.54) is 5.69 Å². The molecule has 0 atom stereocenters. The van der Waals surface area contributed by atoms with Gasteiger partial charge in [-0.2, -0.15) is 5.10 Å². The Bertz CT molecular complexity index is 759. The third-order valence-electron chi connectivity index (χ3n) is 5.32. The number of aryl methyl sites for hydroxylation is 2. The number of nitrogens with zero attached hydrogens (tertiary/aromatic N) is 4. The maximum atomic E-state index is 13.0. The summed E-state index contributed by atoms with van der Waals surface area (Å²) in [5.74, 6) is 0.131. The van der Waals surface area contributed by atoms with Crippen LogP contribution in [0.5, 0.6) is 0 Å². The van der Waals surface area contributed by atoms with Crippen molar-refractivity contribution in [3.63, 3.8) is 0 Å². The number of carbonyl (C=O) groups is 1. The average Bonchev–Trinajstić information content (AvgIpc) is 3.17. The van der Waals surface area contributed by atoms with Gasteiger partial charge in [0, 0.05) is 44.3 Å². The lowest BCUT2D eigenvalue weighted by atomic mass is 9.86. The first-order valence-electron chi connectivity index (χ1n) is 9.25. The Morgan fingerprint density at radius 3 is 2.73 bits per heavy atom. The van der Waals surface area contributed by atoms with Gasteiger partial charge in [0.1, 0.15) is 5.54 Å². The summed E-state index contributed by atoms with van der Waals surface area (Å²) in [6.07, 6.45) is 5.54. The molecule has 8 heteroatoms. The van der Waals surface area contributed by atoms with E-state index in [0.717, 1.165) is 56.1 Å². The van der Waals surface area contributed by atoms with Crippen LogP contribution in [-0.2, 0) is 18.4 Å². The molecule has 2 fully saturated rings. The van der Waals surface area contributed by atoms with Crippen LogP contribution in [0.4, 0.5) is 5.13 Å². The van der Waals surface area contributed by atoms with Crippen LogP contribution in [-0.4, -0.2) is 50.2 Å². The van der Waals surface area contributed by atoms with Crippen LogP contribution < -0.4 is 10.6 Å². The van der Waals surface area contributed by atoms with E-state index in [4.69, 9.17) is 0 Å². The van der Waals surface area contributed by atoms with E-state index in [2.05, 4.69) is 31.7 Å². The van der Waals surface area contributed by atoms with E-state index in [1.54, 1.807) is 17.5 Å². The molecule has 2 aromatic heterocycles. The number of anilines is 1. The summed E-state index contributed by atoms with van der Waals surface area (Å²) in [7, 11) is 1.99. The first kappa shape index (κ1) is 17.5. The second-order valence-electron chi connectivity index (χ2n) is 7.47. The summed E-state index contributed by atoms with van der Waals surface area (Å²) in [6, 6.07) is 2.50. The fourth-order valence-corrected chi connectivity index (χ4v) is 4.21. The highest BCUT2D eigenvalue weighted by atomic mass is 32.1. The van der Waals surface area contributed by atoms with Gasteiger partial charge in [-0.1, -0.05) is 0 Å². The van der Waals surface area contributed by atoms with Gasteiger partial charge in [0.2, 0.25) is 5.91 Å². The summed E-state index contributed by atoms with van der Waals surface area (Å²) in [6.45, 7) is 4.64. The van der Waals surface area contributed by atoms with Crippen LogP contribution in [0.1, 0.15) is 37.1 Å². The van der Waals surface area contributed by atoms with Gasteiger partial charge >= 0.3 is 0 Å². The lowest BCUT2D eigenvalue weighted by Crippen LogP contribution is -2.58. The molecule has 1 aliphatic carbocycles. The number of amides is 1. The second kappa shape index (κ2) is 7.00. The summed E-state index contributed by atoms with van der Waals surface area (Å²) in [5.41, 5.74) is 1.70. The minimum Gasteiger partial charge on any atom is -0.351 e. The van der Waals surface area contributed by atoms with E-state index < -0.39 is 5.54 Å². The SMILES string of the molecule is Cc1cc(CN2CCC(Nc3nccs3)(C(=O)NC3CC3)CC2)n(C)n1. The third kappa shape index (κ3) is 3.76. The molecule has 2 aromatic rings. The van der Waals surface area contributed by atoms with Crippen LogP contribution in [0.2, 0.25) is 0 Å². The van der Waals surface area contributed by atoms with Crippen LogP contribution in [0, 0.1) is 6.92 Å². The summed E-state index contributed by atoms with van der Waals surface area (Å²) >= 11 is 1.55. The average molecular weight is 375 g/mol. The van der Waals surface area contributed by atoms with Crippen molar-refractivity contribution in [2.75, 3.05) is 18.4 Å². The van der Waals surface area contributed by atoms with E-state index >= 15 is 0 Å². The zero-order valence-corrected chi connectivity index (χ0v) is 16.2. The molecule has 0 unspecified atom stereocenters. The van der Waals surface area contributed by atoms with Gasteiger partial charge in [0.05, 0.1) is 11.4 Å². The molecule has 0 aromatic carbocycles. The number of carbonyl (C=O) groups excluding carboxylic acids is 1. The van der Waals surface area contributed by atoms with Crippen LogP contribution in [0.25, 0.3) is 0 Å². The Hall–Kier alpha value is -1.93. The molecule has 1 saturated heterocycles. The largest absolute Gasteiger partial charge is 0.351 e. The Balaban J connectivity index is 1.44. The number of thiazole rings is 1. The number of likely N-dealkylation sites (tertiary alicyclic amines) is 1. The number of aromatic nitrogens is 3. The molecule has 0 spiro atoms. The maximum Gasteiger partial charge on any atom is 0.246 e. The monoisotopic (exact) mass is 374 g/mol. The minimum absolute atomic E-state index is 0.131. The molecule has 2 N–H and O–H groups in total. The van der Waals surface area contributed by atoms with Crippen molar-refractivity contribution >= 4 is 22.4 Å². The number of rotatable bonds is 6. The van der Waals surface area contributed by atoms with Crippen LogP contribution >= 0.6 is 11.3 Å². The maximum absolute atomic E-state index is 13.0. The van der Waals surface area contributed by atoms with E-state index in [9.17, 15) is 4.79 Å². The Labute approximate surface area is 157 Å². The smallest absolute Gasteiger partial charge is 0.246 e. The molecule has 7 nitrogen and oxygen atoms in total. The van der Waals surface area contributed by atoms with Crippen molar-refractivity contribution < 1.29 is 4.79 Å². The molecule has 1 saturated carbocycles. The first-order chi connectivity index (χ1) is 12.5. The van der Waals surface area contributed by atoms with Crippen molar-refractivity contribution in [1.82, 2.24) is 25.0 Å². The Morgan fingerprint density at radius 1 is 1.38 bits per heavy atom. The van der Waals surface area contributed by atoms with Crippen molar-refractivity contribution in [1.29, 1.82) is 0 Å². The first-order valence-corrected chi connectivity index (χ1v) is 10.1. The normalized spacial score (nSPS) is 20.1. The van der Waals surface area contributed by atoms with Crippen LogP contribution in [0.3, 0.4) is 0 Å². The van der Waals surface area contributed by atoms with E-state index in [0.29, 0.717) is 6.04 Å². The molecular formula is C18H26N6OS. The van der Waals surface area contributed by atoms with Gasteiger partial charge in [0.25, 0.3) is 0 Å². The van der Waals surface area contributed by atoms with Crippen molar-refractivity contribution in [3.8, 4) is 0 Å². The molecule has 1 aliphatic heterocycles. The zero-order valence-electron chi connectivity index (χ0n) is 15.4. The van der Waals surface area contributed by atoms with Gasteiger partial charge in [-0.05, 0) is 38.7 Å². The molecule has 1 amide bonds. The molecule has 3 heterocycles. The summed E-state index contributed by atoms with van der Waals surface area (Å²) in [5, 5.41) is 13.8. The standard InChI is InChI=1S/C18H26N6OS/c1-13-11-15(23(2)22-13)12-24-8-5-18(6-9-24,16(25)20-14-3-4-14)21-17-19-7-10-26-17/h7,10-11,14H,3-6,8-9,12H2,1-2H3,(H,19,21)(H,20,25). The second-order valence-corrected chi connectivity index (χ2v) is 8.36. The van der Waals surface area contributed by atoms with Gasteiger partial charge in [-0.15, -0.1) is 11.3 Å². The molecule has 140 valence electrons. The predicted octanol–water partition coefficient (Wildman–Crippen LogP) is 1.91. The van der Waals surface area contributed by atoms with Gasteiger partial charge in [-0.3, -0.25) is 14.4 Å².